The van der Waals surface area contributed by atoms with Crippen LogP contribution in [0.4, 0.5) is 0 Å². The molecule has 8 aromatic carbocycles. The van der Waals surface area contributed by atoms with Gasteiger partial charge in [0.05, 0.1) is 11.0 Å². The number of rotatable bonds is 2. The molecule has 0 spiro atoms. The van der Waals surface area contributed by atoms with Gasteiger partial charge in [0, 0.05) is 27.3 Å². The zero-order valence-corrected chi connectivity index (χ0v) is 26.8. The second-order valence-corrected chi connectivity index (χ2v) is 13.8. The maximum absolute atomic E-state index is 2.51. The molecule has 1 aliphatic rings. The third-order valence-electron chi connectivity index (χ3n) is 10.8. The summed E-state index contributed by atoms with van der Waals surface area (Å²) in [6.07, 6.45) is 0. The Labute approximate surface area is 274 Å². The fraction of sp³-hybridized carbons (Fsp3) is 0.0870. The van der Waals surface area contributed by atoms with Crippen LogP contribution in [-0.2, 0) is 5.41 Å². The minimum atomic E-state index is -0.0817. The first-order valence-corrected chi connectivity index (χ1v) is 16.6. The van der Waals surface area contributed by atoms with Crippen molar-refractivity contribution in [3.8, 4) is 27.9 Å². The van der Waals surface area contributed by atoms with E-state index >= 15 is 0 Å². The van der Waals surface area contributed by atoms with Gasteiger partial charge in [-0.15, -0.1) is 0 Å². The summed E-state index contributed by atoms with van der Waals surface area (Å²) in [5, 5.41) is 10.5. The maximum atomic E-state index is 2.51. The fourth-order valence-electron chi connectivity index (χ4n) is 8.52. The minimum Gasteiger partial charge on any atom is -0.309 e. The van der Waals surface area contributed by atoms with Gasteiger partial charge in [0.1, 0.15) is 0 Å². The van der Waals surface area contributed by atoms with Gasteiger partial charge >= 0.3 is 0 Å². The van der Waals surface area contributed by atoms with E-state index in [4.69, 9.17) is 0 Å². The summed E-state index contributed by atoms with van der Waals surface area (Å²) in [7, 11) is 0. The topological polar surface area (TPSA) is 4.93 Å². The van der Waals surface area contributed by atoms with Crippen LogP contribution in [0.15, 0.2) is 146 Å². The average molecular weight is 600 g/mol. The molecule has 0 fully saturated rings. The van der Waals surface area contributed by atoms with Gasteiger partial charge in [0.25, 0.3) is 0 Å². The molecule has 9 aromatic rings. The maximum Gasteiger partial charge on any atom is 0.0547 e. The lowest BCUT2D eigenvalue weighted by Gasteiger charge is -2.21. The molecule has 0 aliphatic heterocycles. The van der Waals surface area contributed by atoms with Crippen LogP contribution in [0.25, 0.3) is 82.1 Å². The molecule has 1 nitrogen and oxygen atoms in total. The van der Waals surface area contributed by atoms with Crippen LogP contribution in [0.5, 0.6) is 0 Å². The predicted octanol–water partition coefficient (Wildman–Crippen LogP) is 12.5. The van der Waals surface area contributed by atoms with E-state index in [-0.39, 0.29) is 5.41 Å². The van der Waals surface area contributed by atoms with Crippen LogP contribution < -0.4 is 0 Å². The molecule has 0 atom stereocenters. The van der Waals surface area contributed by atoms with E-state index in [9.17, 15) is 0 Å². The first kappa shape index (κ1) is 26.5. The van der Waals surface area contributed by atoms with Crippen molar-refractivity contribution in [2.24, 2.45) is 0 Å². The minimum absolute atomic E-state index is 0.0817. The van der Waals surface area contributed by atoms with Crippen molar-refractivity contribution in [3.63, 3.8) is 0 Å². The summed E-state index contributed by atoms with van der Waals surface area (Å²) >= 11 is 0. The average Bonchev–Trinajstić information content (AvgIpc) is 3.56. The molecule has 47 heavy (non-hydrogen) atoms. The second-order valence-electron chi connectivity index (χ2n) is 13.8. The third-order valence-corrected chi connectivity index (χ3v) is 10.8. The Balaban J connectivity index is 1.36. The molecule has 1 aliphatic carbocycles. The van der Waals surface area contributed by atoms with Gasteiger partial charge < -0.3 is 4.57 Å². The van der Waals surface area contributed by atoms with E-state index in [2.05, 4.69) is 171 Å². The highest BCUT2D eigenvalue weighted by atomic mass is 15.0. The smallest absolute Gasteiger partial charge is 0.0547 e. The van der Waals surface area contributed by atoms with Crippen LogP contribution in [0.3, 0.4) is 0 Å². The van der Waals surface area contributed by atoms with E-state index in [1.165, 1.54) is 98.8 Å². The first-order valence-electron chi connectivity index (χ1n) is 16.6. The SMILES string of the molecule is Cc1ccc(-c2ccc(-n3c4cc5c(cc4c4c6c7ccccc7c7ccccc7c6ccc43)-c3ccccc3C5(C)C)cc2)cc1. The Hall–Kier alpha value is -5.66. The van der Waals surface area contributed by atoms with Crippen molar-refractivity contribution in [2.75, 3.05) is 0 Å². The Morgan fingerprint density at radius 1 is 0.426 bits per heavy atom. The summed E-state index contributed by atoms with van der Waals surface area (Å²) < 4.78 is 2.51. The summed E-state index contributed by atoms with van der Waals surface area (Å²) in [5.41, 5.74) is 12.9. The second kappa shape index (κ2) is 9.44. The number of fused-ring (bicyclic) bond motifs is 13. The van der Waals surface area contributed by atoms with Crippen LogP contribution in [0.2, 0.25) is 0 Å². The van der Waals surface area contributed by atoms with E-state index in [1.807, 2.05) is 0 Å². The van der Waals surface area contributed by atoms with Gasteiger partial charge in [-0.2, -0.15) is 0 Å². The molecule has 222 valence electrons. The highest BCUT2D eigenvalue weighted by molar-refractivity contribution is 6.35. The summed E-state index contributed by atoms with van der Waals surface area (Å²) in [6, 6.07) is 54.5. The molecule has 0 bridgehead atoms. The quantitative estimate of drug-likeness (QED) is 0.174. The molecule has 1 heteroatoms. The predicted molar refractivity (Wildman–Crippen MR) is 201 cm³/mol. The van der Waals surface area contributed by atoms with Gasteiger partial charge in [0.2, 0.25) is 0 Å². The van der Waals surface area contributed by atoms with Gasteiger partial charge in [-0.1, -0.05) is 135 Å². The van der Waals surface area contributed by atoms with Crippen molar-refractivity contribution in [1.82, 2.24) is 4.57 Å². The number of aromatic nitrogens is 1. The highest BCUT2D eigenvalue weighted by Gasteiger charge is 2.36. The number of hydrogen-bond donors (Lipinski definition) is 0. The largest absolute Gasteiger partial charge is 0.309 e. The Bertz CT molecular complexity index is 2700. The number of hydrogen-bond acceptors (Lipinski definition) is 0. The zero-order valence-electron chi connectivity index (χ0n) is 26.8. The highest BCUT2D eigenvalue weighted by Crippen LogP contribution is 2.52. The lowest BCUT2D eigenvalue weighted by molar-refractivity contribution is 0.661. The molecule has 1 aromatic heterocycles. The molecule has 0 N–H and O–H groups in total. The lowest BCUT2D eigenvalue weighted by Crippen LogP contribution is -2.14. The molecular weight excluding hydrogens is 567 g/mol. The van der Waals surface area contributed by atoms with E-state index in [0.29, 0.717) is 0 Å². The molecule has 1 heterocycles. The summed E-state index contributed by atoms with van der Waals surface area (Å²) in [6.45, 7) is 6.89. The normalized spacial score (nSPS) is 13.6. The van der Waals surface area contributed by atoms with E-state index in [1.54, 1.807) is 0 Å². The number of benzene rings is 8. The molecule has 10 rings (SSSR count). The van der Waals surface area contributed by atoms with Crippen molar-refractivity contribution in [2.45, 2.75) is 26.2 Å². The Kier molecular flexibility index (Phi) is 5.33. The third kappa shape index (κ3) is 3.60. The van der Waals surface area contributed by atoms with E-state index < -0.39 is 0 Å². The van der Waals surface area contributed by atoms with Crippen LogP contribution in [-0.4, -0.2) is 4.57 Å². The monoisotopic (exact) mass is 599 g/mol. The van der Waals surface area contributed by atoms with Gasteiger partial charge in [-0.25, -0.2) is 0 Å². The van der Waals surface area contributed by atoms with Crippen LogP contribution in [0.1, 0.15) is 30.5 Å². The van der Waals surface area contributed by atoms with Crippen LogP contribution in [0, 0.1) is 6.92 Å². The fourth-order valence-corrected chi connectivity index (χ4v) is 8.52. The van der Waals surface area contributed by atoms with E-state index in [0.717, 1.165) is 0 Å². The molecule has 0 unspecified atom stereocenters. The van der Waals surface area contributed by atoms with Gasteiger partial charge in [0.15, 0.2) is 0 Å². The lowest BCUT2D eigenvalue weighted by atomic mass is 9.82. The zero-order chi connectivity index (χ0) is 31.4. The first-order chi connectivity index (χ1) is 23.0. The van der Waals surface area contributed by atoms with Crippen molar-refractivity contribution in [3.05, 3.63) is 162 Å². The molecule has 0 amide bonds. The number of aryl methyl sites for hydroxylation is 1. The number of nitrogens with zero attached hydrogens (tertiary/aromatic N) is 1. The van der Waals surface area contributed by atoms with Crippen molar-refractivity contribution >= 4 is 54.1 Å². The van der Waals surface area contributed by atoms with Gasteiger partial charge in [-0.05, 0) is 97.6 Å². The van der Waals surface area contributed by atoms with Crippen molar-refractivity contribution < 1.29 is 0 Å². The molecule has 0 radical (unpaired) electrons. The Morgan fingerprint density at radius 2 is 1.00 bits per heavy atom. The molecule has 0 saturated heterocycles. The standard InChI is InChI=1S/C46H33N/c1-28-16-18-29(19-17-28)30-20-22-31(23-21-30)47-42-25-24-37-34-12-5-4-10-32(34)33-11-6-7-14-36(33)44(37)45(42)39-26-38-35-13-8-9-15-40(35)46(2,3)41(38)27-43(39)47/h4-27H,1-3H3. The molecule has 0 saturated carbocycles. The summed E-state index contributed by atoms with van der Waals surface area (Å²) in [5.74, 6) is 0. The molecular formula is C46H33N. The van der Waals surface area contributed by atoms with Crippen molar-refractivity contribution in [1.29, 1.82) is 0 Å². The Morgan fingerprint density at radius 3 is 1.70 bits per heavy atom. The van der Waals surface area contributed by atoms with Crippen LogP contribution >= 0.6 is 0 Å². The summed E-state index contributed by atoms with van der Waals surface area (Å²) in [4.78, 5) is 0. The van der Waals surface area contributed by atoms with Gasteiger partial charge in [-0.3, -0.25) is 0 Å².